The van der Waals surface area contributed by atoms with E-state index in [1.165, 1.54) is 6.34 Å². The second-order valence-corrected chi connectivity index (χ2v) is 7.88. The van der Waals surface area contributed by atoms with Gasteiger partial charge in [0.05, 0.1) is 17.9 Å². The standard InChI is InChI=1S/C23H30N6O/c1-3-5-19(7-6-18(2)14-24)22(30)29-12-4-9-23(29)10-13-28(16-23)21(27-17-25)20-8-11-26-15-20/h3,5,7-8,11,17,26H,2,4,6,9-10,12-13,15-16H2,1H3,(H2,25,27)/b5-3-,19-7+,21-20+. The first kappa shape index (κ1) is 21.4. The summed E-state index contributed by atoms with van der Waals surface area (Å²) in [5.41, 5.74) is 7.59. The maximum absolute atomic E-state index is 13.4. The molecule has 1 atom stereocenters. The molecule has 1 amide bonds. The first-order valence-electron chi connectivity index (χ1n) is 10.4. The predicted octanol–water partition coefficient (Wildman–Crippen LogP) is 2.34. The molecule has 0 aromatic heterocycles. The molecule has 0 saturated carbocycles. The van der Waals surface area contributed by atoms with Crippen LogP contribution in [0.15, 0.2) is 64.6 Å². The SMILES string of the molecule is C=C(C#N)C/C=C(\C=C/C)C(=O)N1CCCC12CCN(C(/N=C\N)=C1\C=CNC1)C2. The summed E-state index contributed by atoms with van der Waals surface area (Å²) in [5, 5.41) is 12.2. The van der Waals surface area contributed by atoms with Gasteiger partial charge in [0.2, 0.25) is 0 Å². The van der Waals surface area contributed by atoms with Crippen LogP contribution < -0.4 is 11.1 Å². The fraction of sp³-hybridized carbons (Fsp3) is 0.435. The first-order valence-corrected chi connectivity index (χ1v) is 10.4. The summed E-state index contributed by atoms with van der Waals surface area (Å²) in [6, 6.07) is 2.04. The van der Waals surface area contributed by atoms with E-state index >= 15 is 0 Å². The molecule has 3 heterocycles. The number of hydrogen-bond acceptors (Lipinski definition) is 5. The summed E-state index contributed by atoms with van der Waals surface area (Å²) in [7, 11) is 0. The van der Waals surface area contributed by atoms with Gasteiger partial charge in [-0.05, 0) is 38.5 Å². The fourth-order valence-corrected chi connectivity index (χ4v) is 4.54. The number of rotatable bonds is 6. The van der Waals surface area contributed by atoms with E-state index in [9.17, 15) is 4.79 Å². The van der Waals surface area contributed by atoms with Gasteiger partial charge in [0.15, 0.2) is 0 Å². The number of nitrogens with two attached hydrogens (primary N) is 1. The van der Waals surface area contributed by atoms with E-state index in [0.717, 1.165) is 56.8 Å². The third-order valence-electron chi connectivity index (χ3n) is 5.97. The van der Waals surface area contributed by atoms with Crippen LogP contribution in [0.3, 0.4) is 0 Å². The molecule has 7 nitrogen and oxygen atoms in total. The van der Waals surface area contributed by atoms with Gasteiger partial charge in [0.25, 0.3) is 5.91 Å². The van der Waals surface area contributed by atoms with Gasteiger partial charge in [-0.3, -0.25) is 4.79 Å². The quantitative estimate of drug-likeness (QED) is 0.232. The normalized spacial score (nSPS) is 25.5. The van der Waals surface area contributed by atoms with Crippen LogP contribution in [-0.4, -0.2) is 53.8 Å². The predicted molar refractivity (Wildman–Crippen MR) is 119 cm³/mol. The van der Waals surface area contributed by atoms with Crippen molar-refractivity contribution in [3.63, 3.8) is 0 Å². The highest BCUT2D eigenvalue weighted by molar-refractivity contribution is 5.97. The lowest BCUT2D eigenvalue weighted by Gasteiger charge is -2.36. The molecule has 0 aliphatic carbocycles. The van der Waals surface area contributed by atoms with E-state index in [1.54, 1.807) is 0 Å². The molecular weight excluding hydrogens is 376 g/mol. The van der Waals surface area contributed by atoms with Crippen LogP contribution >= 0.6 is 0 Å². The molecule has 0 bridgehead atoms. The third kappa shape index (κ3) is 4.33. The Hall–Kier alpha value is -3.27. The number of nitrogens with zero attached hydrogens (tertiary/aromatic N) is 4. The second kappa shape index (κ2) is 9.49. The van der Waals surface area contributed by atoms with Crippen LogP contribution in [-0.2, 0) is 4.79 Å². The molecule has 2 fully saturated rings. The molecule has 0 aromatic rings. The third-order valence-corrected chi connectivity index (χ3v) is 5.97. The average Bonchev–Trinajstić information content (AvgIpc) is 3.51. The van der Waals surface area contributed by atoms with Crippen LogP contribution in [0.2, 0.25) is 0 Å². The number of hydrogen-bond donors (Lipinski definition) is 2. The van der Waals surface area contributed by atoms with Gasteiger partial charge in [-0.2, -0.15) is 5.26 Å². The van der Waals surface area contributed by atoms with Gasteiger partial charge >= 0.3 is 0 Å². The molecular formula is C23H30N6O. The highest BCUT2D eigenvalue weighted by Gasteiger charge is 2.49. The highest BCUT2D eigenvalue weighted by atomic mass is 16.2. The number of carbonyl (C=O) groups excluding carboxylic acids is 1. The van der Waals surface area contributed by atoms with Crippen LogP contribution in [0.1, 0.15) is 32.6 Å². The van der Waals surface area contributed by atoms with Gasteiger partial charge in [-0.1, -0.05) is 24.8 Å². The van der Waals surface area contributed by atoms with Crippen molar-refractivity contribution >= 4 is 12.2 Å². The first-order chi connectivity index (χ1) is 14.5. The maximum atomic E-state index is 13.4. The van der Waals surface area contributed by atoms with Crippen molar-refractivity contribution in [2.45, 2.75) is 38.1 Å². The zero-order valence-electron chi connectivity index (χ0n) is 17.6. The Labute approximate surface area is 178 Å². The summed E-state index contributed by atoms with van der Waals surface area (Å²) >= 11 is 0. The zero-order valence-corrected chi connectivity index (χ0v) is 17.6. The number of carbonyl (C=O) groups is 1. The number of amides is 1. The van der Waals surface area contributed by atoms with E-state index < -0.39 is 0 Å². The highest BCUT2D eigenvalue weighted by Crippen LogP contribution is 2.40. The zero-order chi connectivity index (χ0) is 21.6. The van der Waals surface area contributed by atoms with Crippen molar-refractivity contribution in [1.82, 2.24) is 15.1 Å². The van der Waals surface area contributed by atoms with E-state index in [0.29, 0.717) is 17.6 Å². The van der Waals surface area contributed by atoms with Crippen LogP contribution in [0.4, 0.5) is 0 Å². The van der Waals surface area contributed by atoms with Crippen LogP contribution in [0.5, 0.6) is 0 Å². The van der Waals surface area contributed by atoms with Gasteiger partial charge in [0.1, 0.15) is 5.82 Å². The van der Waals surface area contributed by atoms with Gasteiger partial charge in [-0.25, -0.2) is 4.99 Å². The summed E-state index contributed by atoms with van der Waals surface area (Å²) in [6.07, 6.45) is 14.0. The molecule has 0 aromatic carbocycles. The van der Waals surface area contributed by atoms with Crippen molar-refractivity contribution in [3.8, 4) is 6.07 Å². The minimum Gasteiger partial charge on any atom is -0.390 e. The van der Waals surface area contributed by atoms with Crippen molar-refractivity contribution in [3.05, 3.63) is 59.6 Å². The Morgan fingerprint density at radius 1 is 1.47 bits per heavy atom. The summed E-state index contributed by atoms with van der Waals surface area (Å²) in [6.45, 7) is 8.67. The number of nitrogens with one attached hydrogen (secondary N) is 1. The molecule has 3 rings (SSSR count). The monoisotopic (exact) mass is 406 g/mol. The number of nitriles is 1. The fourth-order valence-electron chi connectivity index (χ4n) is 4.54. The topological polar surface area (TPSA) is 97.8 Å². The van der Waals surface area contributed by atoms with Crippen LogP contribution in [0, 0.1) is 11.3 Å². The van der Waals surface area contributed by atoms with Gasteiger partial charge in [-0.15, -0.1) is 0 Å². The Morgan fingerprint density at radius 3 is 2.97 bits per heavy atom. The summed E-state index contributed by atoms with van der Waals surface area (Å²) in [5.74, 6) is 0.904. The largest absolute Gasteiger partial charge is 0.390 e. The minimum atomic E-state index is -0.199. The van der Waals surface area contributed by atoms with Crippen molar-refractivity contribution in [1.29, 1.82) is 5.26 Å². The van der Waals surface area contributed by atoms with Crippen molar-refractivity contribution in [2.75, 3.05) is 26.2 Å². The molecule has 3 aliphatic heterocycles. The lowest BCUT2D eigenvalue weighted by molar-refractivity contribution is -0.130. The summed E-state index contributed by atoms with van der Waals surface area (Å²) < 4.78 is 0. The Morgan fingerprint density at radius 2 is 2.30 bits per heavy atom. The Kier molecular flexibility index (Phi) is 6.78. The van der Waals surface area contributed by atoms with Gasteiger partial charge in [0, 0.05) is 49.3 Å². The molecule has 0 radical (unpaired) electrons. The molecule has 1 spiro atoms. The Bertz CT molecular complexity index is 888. The van der Waals surface area contributed by atoms with Crippen LogP contribution in [0.25, 0.3) is 0 Å². The molecule has 2 saturated heterocycles. The summed E-state index contributed by atoms with van der Waals surface area (Å²) in [4.78, 5) is 22.2. The molecule has 7 heteroatoms. The number of allylic oxidation sites excluding steroid dienone is 3. The molecule has 3 aliphatic rings. The Balaban J connectivity index is 1.83. The average molecular weight is 407 g/mol. The van der Waals surface area contributed by atoms with E-state index in [-0.39, 0.29) is 11.4 Å². The van der Waals surface area contributed by atoms with E-state index in [4.69, 9.17) is 11.0 Å². The minimum absolute atomic E-state index is 0.0251. The van der Waals surface area contributed by atoms with Gasteiger partial charge < -0.3 is 20.9 Å². The molecule has 30 heavy (non-hydrogen) atoms. The smallest absolute Gasteiger partial charge is 0.254 e. The lowest BCUT2D eigenvalue weighted by atomic mass is 9.94. The molecule has 158 valence electrons. The lowest BCUT2D eigenvalue weighted by Crippen LogP contribution is -2.49. The maximum Gasteiger partial charge on any atom is 0.254 e. The number of likely N-dealkylation sites (tertiary alicyclic amines) is 2. The molecule has 1 unspecified atom stereocenters. The van der Waals surface area contributed by atoms with Crippen molar-refractivity contribution in [2.24, 2.45) is 10.7 Å². The van der Waals surface area contributed by atoms with Crippen molar-refractivity contribution < 1.29 is 4.79 Å². The molecule has 3 N–H and O–H groups in total. The number of aliphatic imine (C=N–C) groups is 1. The second-order valence-electron chi connectivity index (χ2n) is 7.88. The van der Waals surface area contributed by atoms with E-state index in [2.05, 4.69) is 21.8 Å². The van der Waals surface area contributed by atoms with E-state index in [1.807, 2.05) is 48.4 Å².